The Kier molecular flexibility index (Phi) is 5.07. The monoisotopic (exact) mass is 269 g/mol. The van der Waals surface area contributed by atoms with E-state index in [1.165, 1.54) is 18.5 Å². The van der Waals surface area contributed by atoms with Gasteiger partial charge >= 0.3 is 0 Å². The lowest BCUT2D eigenvalue weighted by molar-refractivity contribution is 0.184. The Morgan fingerprint density at radius 3 is 2.78 bits per heavy atom. The van der Waals surface area contributed by atoms with E-state index in [9.17, 15) is 0 Å². The number of nitrogens with zero attached hydrogens (tertiary/aromatic N) is 3. The largest absolute Gasteiger partial charge is 0.297 e. The van der Waals surface area contributed by atoms with Gasteiger partial charge in [-0.3, -0.25) is 9.58 Å². The quantitative estimate of drug-likeness (QED) is 0.765. The van der Waals surface area contributed by atoms with Gasteiger partial charge in [-0.05, 0) is 51.3 Å². The minimum absolute atomic E-state index is 0.501. The summed E-state index contributed by atoms with van der Waals surface area (Å²) in [6.07, 6.45) is 5.70. The van der Waals surface area contributed by atoms with Gasteiger partial charge in [-0.2, -0.15) is 5.10 Å². The second-order valence-electron chi connectivity index (χ2n) is 5.42. The van der Waals surface area contributed by atoms with E-state index < -0.39 is 0 Å². The molecule has 1 fully saturated rings. The van der Waals surface area contributed by atoms with Crippen LogP contribution in [0.25, 0.3) is 0 Å². The third kappa shape index (κ3) is 3.48. The van der Waals surface area contributed by atoms with Crippen LogP contribution >= 0.6 is 11.6 Å². The van der Waals surface area contributed by atoms with Crippen LogP contribution in [-0.2, 0) is 6.54 Å². The third-order valence-corrected chi connectivity index (χ3v) is 4.45. The fourth-order valence-corrected chi connectivity index (χ4v) is 2.73. The molecule has 1 aliphatic rings. The highest BCUT2D eigenvalue weighted by atomic mass is 35.5. The van der Waals surface area contributed by atoms with E-state index in [1.807, 2.05) is 0 Å². The highest BCUT2D eigenvalue weighted by molar-refractivity contribution is 6.18. The van der Waals surface area contributed by atoms with Crippen molar-refractivity contribution in [2.75, 3.05) is 19.0 Å². The van der Waals surface area contributed by atoms with E-state index >= 15 is 0 Å². The van der Waals surface area contributed by atoms with Crippen molar-refractivity contribution in [1.82, 2.24) is 14.7 Å². The molecule has 1 aromatic heterocycles. The normalized spacial score (nSPS) is 20.2. The molecule has 0 radical (unpaired) electrons. The Morgan fingerprint density at radius 1 is 1.44 bits per heavy atom. The number of alkyl halides is 1. The Bertz CT molecular complexity index is 356. The second-order valence-corrected chi connectivity index (χ2v) is 5.73. The van der Waals surface area contributed by atoms with Crippen molar-refractivity contribution in [2.45, 2.75) is 45.7 Å². The summed E-state index contributed by atoms with van der Waals surface area (Å²) in [7, 11) is 0. The third-order valence-electron chi connectivity index (χ3n) is 4.02. The minimum atomic E-state index is 0.501. The average molecular weight is 270 g/mol. The lowest BCUT2D eigenvalue weighted by Crippen LogP contribution is -2.33. The Balaban J connectivity index is 1.85. The van der Waals surface area contributed by atoms with Crippen molar-refractivity contribution in [3.05, 3.63) is 18.0 Å². The SMILES string of the molecule is CCC(C)n1ccc(CN2CCC(CCl)CC2)n1. The van der Waals surface area contributed by atoms with E-state index in [0.29, 0.717) is 6.04 Å². The van der Waals surface area contributed by atoms with E-state index in [4.69, 9.17) is 11.6 Å². The van der Waals surface area contributed by atoms with Crippen LogP contribution in [-0.4, -0.2) is 33.6 Å². The highest BCUT2D eigenvalue weighted by Crippen LogP contribution is 2.20. The van der Waals surface area contributed by atoms with Gasteiger partial charge in [-0.1, -0.05) is 6.92 Å². The summed E-state index contributed by atoms with van der Waals surface area (Å²) in [6, 6.07) is 2.65. The molecule has 4 heteroatoms. The second kappa shape index (κ2) is 6.58. The van der Waals surface area contributed by atoms with Gasteiger partial charge in [-0.15, -0.1) is 11.6 Å². The van der Waals surface area contributed by atoms with E-state index in [-0.39, 0.29) is 0 Å². The zero-order valence-electron chi connectivity index (χ0n) is 11.5. The van der Waals surface area contributed by atoms with Crippen LogP contribution in [0.2, 0.25) is 0 Å². The standard InChI is InChI=1S/C14H24ClN3/c1-3-12(2)18-9-6-14(16-18)11-17-7-4-13(10-15)5-8-17/h6,9,12-13H,3-5,7-8,10-11H2,1-2H3. The molecule has 0 saturated carbocycles. The molecule has 0 N–H and O–H groups in total. The Morgan fingerprint density at radius 2 is 2.17 bits per heavy atom. The topological polar surface area (TPSA) is 21.1 Å². The summed E-state index contributed by atoms with van der Waals surface area (Å²) in [6.45, 7) is 7.71. The zero-order chi connectivity index (χ0) is 13.0. The molecule has 0 aliphatic carbocycles. The molecule has 102 valence electrons. The van der Waals surface area contributed by atoms with Crippen molar-refractivity contribution in [3.63, 3.8) is 0 Å². The number of halogens is 1. The molecule has 1 aliphatic heterocycles. The Hall–Kier alpha value is -0.540. The number of hydrogen-bond acceptors (Lipinski definition) is 2. The van der Waals surface area contributed by atoms with E-state index in [2.05, 4.69) is 40.8 Å². The number of hydrogen-bond donors (Lipinski definition) is 0. The Labute approximate surface area is 115 Å². The summed E-state index contributed by atoms with van der Waals surface area (Å²) in [5, 5.41) is 4.66. The molecule has 2 heterocycles. The molecule has 0 amide bonds. The maximum Gasteiger partial charge on any atom is 0.0764 e. The van der Waals surface area contributed by atoms with Gasteiger partial charge in [0.15, 0.2) is 0 Å². The minimum Gasteiger partial charge on any atom is -0.297 e. The van der Waals surface area contributed by atoms with E-state index in [0.717, 1.165) is 37.9 Å². The van der Waals surface area contributed by atoms with Gasteiger partial charge in [0, 0.05) is 24.7 Å². The van der Waals surface area contributed by atoms with Crippen molar-refractivity contribution in [3.8, 4) is 0 Å². The molecule has 2 rings (SSSR count). The first kappa shape index (κ1) is 13.9. The first-order valence-electron chi connectivity index (χ1n) is 7.05. The summed E-state index contributed by atoms with van der Waals surface area (Å²) >= 11 is 5.91. The van der Waals surface area contributed by atoms with Crippen LogP contribution < -0.4 is 0 Å². The van der Waals surface area contributed by atoms with Gasteiger partial charge in [-0.25, -0.2) is 0 Å². The summed E-state index contributed by atoms with van der Waals surface area (Å²) in [5.41, 5.74) is 1.19. The highest BCUT2D eigenvalue weighted by Gasteiger charge is 2.19. The van der Waals surface area contributed by atoms with Gasteiger partial charge in [0.2, 0.25) is 0 Å². The van der Waals surface area contributed by atoms with Crippen LogP contribution in [0.3, 0.4) is 0 Å². The fraction of sp³-hybridized carbons (Fsp3) is 0.786. The summed E-state index contributed by atoms with van der Waals surface area (Å²) < 4.78 is 2.08. The van der Waals surface area contributed by atoms with Crippen LogP contribution in [0, 0.1) is 5.92 Å². The predicted octanol–water partition coefficient (Wildman–Crippen LogP) is 3.30. The smallest absolute Gasteiger partial charge is 0.0764 e. The molecule has 0 bridgehead atoms. The van der Waals surface area contributed by atoms with Crippen molar-refractivity contribution in [1.29, 1.82) is 0 Å². The van der Waals surface area contributed by atoms with Gasteiger partial charge in [0.1, 0.15) is 0 Å². The first-order chi connectivity index (χ1) is 8.72. The fourth-order valence-electron chi connectivity index (χ4n) is 2.42. The van der Waals surface area contributed by atoms with Crippen LogP contribution in [0.4, 0.5) is 0 Å². The maximum absolute atomic E-state index is 5.91. The lowest BCUT2D eigenvalue weighted by atomic mass is 9.99. The molecule has 3 nitrogen and oxygen atoms in total. The van der Waals surface area contributed by atoms with Gasteiger partial charge in [0.05, 0.1) is 5.69 Å². The molecule has 0 aromatic carbocycles. The molecular weight excluding hydrogens is 246 g/mol. The number of aromatic nitrogens is 2. The molecule has 1 aromatic rings. The number of piperidine rings is 1. The summed E-state index contributed by atoms with van der Waals surface area (Å²) in [4.78, 5) is 2.49. The lowest BCUT2D eigenvalue weighted by Gasteiger charge is -2.30. The maximum atomic E-state index is 5.91. The van der Waals surface area contributed by atoms with Crippen molar-refractivity contribution < 1.29 is 0 Å². The van der Waals surface area contributed by atoms with Crippen LogP contribution in [0.15, 0.2) is 12.3 Å². The molecule has 18 heavy (non-hydrogen) atoms. The molecular formula is C14H24ClN3. The van der Waals surface area contributed by atoms with Crippen LogP contribution in [0.1, 0.15) is 44.8 Å². The molecule has 1 atom stereocenters. The average Bonchev–Trinajstić information content (AvgIpc) is 2.87. The van der Waals surface area contributed by atoms with Crippen molar-refractivity contribution >= 4 is 11.6 Å². The van der Waals surface area contributed by atoms with Gasteiger partial charge < -0.3 is 0 Å². The predicted molar refractivity (Wildman–Crippen MR) is 76.0 cm³/mol. The molecule has 0 spiro atoms. The molecule has 1 unspecified atom stereocenters. The summed E-state index contributed by atoms with van der Waals surface area (Å²) in [5.74, 6) is 1.54. The van der Waals surface area contributed by atoms with Crippen molar-refractivity contribution in [2.24, 2.45) is 5.92 Å². The van der Waals surface area contributed by atoms with Crippen LogP contribution in [0.5, 0.6) is 0 Å². The molecule has 1 saturated heterocycles. The first-order valence-corrected chi connectivity index (χ1v) is 7.58. The van der Waals surface area contributed by atoms with Gasteiger partial charge in [0.25, 0.3) is 0 Å². The number of rotatable bonds is 5. The number of likely N-dealkylation sites (tertiary alicyclic amines) is 1. The zero-order valence-corrected chi connectivity index (χ0v) is 12.2. The van der Waals surface area contributed by atoms with E-state index in [1.54, 1.807) is 0 Å².